The van der Waals surface area contributed by atoms with Crippen molar-refractivity contribution in [3.05, 3.63) is 28.3 Å². The molecular weight excluding hydrogens is 221 g/mol. The third-order valence-electron chi connectivity index (χ3n) is 2.28. The number of hydrogen-bond acceptors (Lipinski definition) is 1. The van der Waals surface area contributed by atoms with Gasteiger partial charge in [-0.1, -0.05) is 17.7 Å². The molecule has 1 heterocycles. The van der Waals surface area contributed by atoms with Crippen LogP contribution in [0.5, 0.6) is 0 Å². The molecule has 1 amide bonds. The van der Waals surface area contributed by atoms with Gasteiger partial charge in [0.15, 0.2) is 0 Å². The normalized spacial score (nSPS) is 16.4. The third kappa shape index (κ3) is 1.60. The second-order valence-electron chi connectivity index (χ2n) is 3.37. The summed E-state index contributed by atoms with van der Waals surface area (Å²) in [7, 11) is 0. The molecule has 2 nitrogen and oxygen atoms in total. The molecule has 2 rings (SSSR count). The molecule has 0 spiro atoms. The molecule has 1 unspecified atom stereocenters. The molecule has 1 aromatic rings. The minimum Gasteiger partial charge on any atom is -0.325 e. The molecule has 1 aliphatic heterocycles. The van der Waals surface area contributed by atoms with Crippen molar-refractivity contribution in [3.63, 3.8) is 0 Å². The van der Waals surface area contributed by atoms with Gasteiger partial charge in [-0.3, -0.25) is 4.79 Å². The first-order chi connectivity index (χ1) is 6.58. The van der Waals surface area contributed by atoms with E-state index in [1.54, 1.807) is 6.07 Å². The lowest BCUT2D eigenvalue weighted by Crippen LogP contribution is -2.03. The Hall–Kier alpha value is -0.730. The van der Waals surface area contributed by atoms with Gasteiger partial charge in [0, 0.05) is 10.7 Å². The van der Waals surface area contributed by atoms with E-state index in [9.17, 15) is 4.79 Å². The van der Waals surface area contributed by atoms with E-state index in [1.807, 2.05) is 13.0 Å². The van der Waals surface area contributed by atoms with E-state index >= 15 is 0 Å². The molecule has 0 saturated heterocycles. The first-order valence-corrected chi connectivity index (χ1v) is 5.15. The average molecular weight is 230 g/mol. The zero-order valence-corrected chi connectivity index (χ0v) is 9.12. The van der Waals surface area contributed by atoms with Crippen LogP contribution in [0.15, 0.2) is 12.1 Å². The number of hydrogen-bond donors (Lipinski definition) is 1. The van der Waals surface area contributed by atoms with Crippen molar-refractivity contribution < 1.29 is 4.79 Å². The van der Waals surface area contributed by atoms with E-state index in [1.165, 1.54) is 0 Å². The van der Waals surface area contributed by atoms with E-state index in [4.69, 9.17) is 23.2 Å². The van der Waals surface area contributed by atoms with Crippen molar-refractivity contribution in [2.24, 2.45) is 0 Å². The summed E-state index contributed by atoms with van der Waals surface area (Å²) in [6.07, 6.45) is 0.420. The number of carbonyl (C=O) groups excluding carboxylic acids is 1. The number of fused-ring (bicyclic) bond motifs is 1. The van der Waals surface area contributed by atoms with E-state index in [0.717, 1.165) is 16.8 Å². The Kier molecular flexibility index (Phi) is 2.41. The van der Waals surface area contributed by atoms with Crippen molar-refractivity contribution in [1.29, 1.82) is 0 Å². The first-order valence-electron chi connectivity index (χ1n) is 4.34. The Labute approximate surface area is 92.2 Å². The van der Waals surface area contributed by atoms with Crippen molar-refractivity contribution in [1.82, 2.24) is 0 Å². The van der Waals surface area contributed by atoms with Gasteiger partial charge >= 0.3 is 0 Å². The number of carbonyl (C=O) groups is 1. The lowest BCUT2D eigenvalue weighted by molar-refractivity contribution is -0.115. The van der Waals surface area contributed by atoms with E-state index < -0.39 is 0 Å². The van der Waals surface area contributed by atoms with Gasteiger partial charge < -0.3 is 5.32 Å². The minimum absolute atomic E-state index is 0.00967. The van der Waals surface area contributed by atoms with Gasteiger partial charge in [0.25, 0.3) is 0 Å². The number of halogens is 2. The summed E-state index contributed by atoms with van der Waals surface area (Å²) < 4.78 is 0. The molecule has 0 fully saturated rings. The molecule has 0 aliphatic carbocycles. The van der Waals surface area contributed by atoms with E-state index in [-0.39, 0.29) is 11.3 Å². The quantitative estimate of drug-likeness (QED) is 0.737. The van der Waals surface area contributed by atoms with Gasteiger partial charge in [-0.15, -0.1) is 11.6 Å². The summed E-state index contributed by atoms with van der Waals surface area (Å²) >= 11 is 12.0. The fraction of sp³-hybridized carbons (Fsp3) is 0.300. The third-order valence-corrected chi connectivity index (χ3v) is 2.84. The topological polar surface area (TPSA) is 29.1 Å². The number of nitrogens with one attached hydrogen (secondary N) is 1. The lowest BCUT2D eigenvalue weighted by atomic mass is 10.1. The molecule has 74 valence electrons. The van der Waals surface area contributed by atoms with E-state index in [0.29, 0.717) is 11.4 Å². The second kappa shape index (κ2) is 3.44. The van der Waals surface area contributed by atoms with Crippen molar-refractivity contribution in [2.75, 3.05) is 5.32 Å². The van der Waals surface area contributed by atoms with Crippen LogP contribution in [-0.4, -0.2) is 5.91 Å². The van der Waals surface area contributed by atoms with Crippen LogP contribution in [-0.2, 0) is 11.2 Å². The van der Waals surface area contributed by atoms with Crippen LogP contribution in [0.2, 0.25) is 5.02 Å². The lowest BCUT2D eigenvalue weighted by Gasteiger charge is -2.08. The zero-order chi connectivity index (χ0) is 10.3. The van der Waals surface area contributed by atoms with Crippen LogP contribution in [0.1, 0.15) is 23.4 Å². The smallest absolute Gasteiger partial charge is 0.228 e. The van der Waals surface area contributed by atoms with Gasteiger partial charge in [0.05, 0.1) is 11.8 Å². The standard InChI is InChI=1S/C10H9Cl2NO/c1-5(11)7-2-6-3-10(14)13-9(6)4-8(7)12/h2,4-5H,3H2,1H3,(H,13,14). The molecule has 0 saturated carbocycles. The Bertz CT molecular complexity index is 401. The van der Waals surface area contributed by atoms with Crippen molar-refractivity contribution in [2.45, 2.75) is 18.7 Å². The van der Waals surface area contributed by atoms with Crippen LogP contribution in [0.4, 0.5) is 5.69 Å². The molecule has 0 aromatic heterocycles. The average Bonchev–Trinajstić information content (AvgIpc) is 2.42. The maximum absolute atomic E-state index is 11.1. The Morgan fingerprint density at radius 1 is 1.50 bits per heavy atom. The monoisotopic (exact) mass is 229 g/mol. The maximum Gasteiger partial charge on any atom is 0.228 e. The number of alkyl halides is 1. The minimum atomic E-state index is -0.136. The molecule has 1 N–H and O–H groups in total. The Morgan fingerprint density at radius 3 is 2.86 bits per heavy atom. The molecule has 1 aliphatic rings. The van der Waals surface area contributed by atoms with Gasteiger partial charge in [0.2, 0.25) is 5.91 Å². The number of amides is 1. The van der Waals surface area contributed by atoms with Crippen LogP contribution >= 0.6 is 23.2 Å². The molecule has 1 aromatic carbocycles. The first kappa shape index (κ1) is 9.81. The zero-order valence-electron chi connectivity index (χ0n) is 7.60. The molecule has 0 radical (unpaired) electrons. The number of benzene rings is 1. The van der Waals surface area contributed by atoms with Crippen LogP contribution in [0.3, 0.4) is 0 Å². The summed E-state index contributed by atoms with van der Waals surface area (Å²) in [5.41, 5.74) is 2.66. The van der Waals surface area contributed by atoms with Gasteiger partial charge in [-0.05, 0) is 24.1 Å². The molecule has 0 bridgehead atoms. The van der Waals surface area contributed by atoms with E-state index in [2.05, 4.69) is 5.32 Å². The summed E-state index contributed by atoms with van der Waals surface area (Å²) in [6, 6.07) is 3.66. The van der Waals surface area contributed by atoms with Gasteiger partial charge in [-0.25, -0.2) is 0 Å². The second-order valence-corrected chi connectivity index (χ2v) is 4.43. The van der Waals surface area contributed by atoms with Crippen LogP contribution in [0, 0.1) is 0 Å². The summed E-state index contributed by atoms with van der Waals surface area (Å²) in [6.45, 7) is 1.86. The highest BCUT2D eigenvalue weighted by atomic mass is 35.5. The molecular formula is C10H9Cl2NO. The Balaban J connectivity index is 2.50. The summed E-state index contributed by atoms with van der Waals surface area (Å²) in [5, 5.41) is 3.21. The maximum atomic E-state index is 11.1. The molecule has 1 atom stereocenters. The SMILES string of the molecule is CC(Cl)c1cc2c(cc1Cl)NC(=O)C2. The van der Waals surface area contributed by atoms with Crippen LogP contribution < -0.4 is 5.32 Å². The highest BCUT2D eigenvalue weighted by molar-refractivity contribution is 6.33. The summed E-state index contributed by atoms with van der Waals surface area (Å²) in [4.78, 5) is 11.1. The molecule has 4 heteroatoms. The van der Waals surface area contributed by atoms with Crippen molar-refractivity contribution in [3.8, 4) is 0 Å². The van der Waals surface area contributed by atoms with Crippen molar-refractivity contribution >= 4 is 34.8 Å². The highest BCUT2D eigenvalue weighted by Gasteiger charge is 2.20. The number of anilines is 1. The predicted molar refractivity (Wildman–Crippen MR) is 58.1 cm³/mol. The predicted octanol–water partition coefficient (Wildman–Crippen LogP) is 3.13. The van der Waals surface area contributed by atoms with Gasteiger partial charge in [0.1, 0.15) is 0 Å². The number of rotatable bonds is 1. The summed E-state index contributed by atoms with van der Waals surface area (Å²) in [5.74, 6) is 0.00967. The molecule has 14 heavy (non-hydrogen) atoms. The Morgan fingerprint density at radius 2 is 2.21 bits per heavy atom. The van der Waals surface area contributed by atoms with Crippen LogP contribution in [0.25, 0.3) is 0 Å². The fourth-order valence-electron chi connectivity index (χ4n) is 1.57. The largest absolute Gasteiger partial charge is 0.325 e. The van der Waals surface area contributed by atoms with Gasteiger partial charge in [-0.2, -0.15) is 0 Å². The fourth-order valence-corrected chi connectivity index (χ4v) is 2.14. The highest BCUT2D eigenvalue weighted by Crippen LogP contribution is 2.34.